The molecule has 14 heavy (non-hydrogen) atoms. The van der Waals surface area contributed by atoms with Gasteiger partial charge in [0, 0.05) is 0 Å². The fourth-order valence-corrected chi connectivity index (χ4v) is 2.85. The van der Waals surface area contributed by atoms with Crippen LogP contribution in [0.3, 0.4) is 0 Å². The highest BCUT2D eigenvalue weighted by Gasteiger charge is 2.21. The van der Waals surface area contributed by atoms with Gasteiger partial charge in [0.15, 0.2) is 0 Å². The Hall–Kier alpha value is -0.120. The second kappa shape index (κ2) is 5.10. The molecule has 1 saturated carbocycles. The third-order valence-corrected chi connectivity index (χ3v) is 4.04. The molecule has 0 aromatic carbocycles. The normalized spacial score (nSPS) is 29.0. The van der Waals surface area contributed by atoms with Crippen molar-refractivity contribution in [1.82, 2.24) is 0 Å². The van der Waals surface area contributed by atoms with Crippen molar-refractivity contribution in [3.63, 3.8) is 0 Å². The van der Waals surface area contributed by atoms with Crippen LogP contribution >= 0.6 is 0 Å². The lowest BCUT2D eigenvalue weighted by Crippen LogP contribution is -2.16. The zero-order valence-corrected chi connectivity index (χ0v) is 9.52. The van der Waals surface area contributed by atoms with Crippen LogP contribution < -0.4 is 0 Å². The quantitative estimate of drug-likeness (QED) is 0.685. The van der Waals surface area contributed by atoms with Gasteiger partial charge in [-0.1, -0.05) is 39.0 Å². The van der Waals surface area contributed by atoms with Crippen molar-refractivity contribution in [1.29, 1.82) is 0 Å². The average Bonchev–Trinajstić information content (AvgIpc) is 2.14. The van der Waals surface area contributed by atoms with E-state index in [-0.39, 0.29) is 5.75 Å². The van der Waals surface area contributed by atoms with E-state index in [1.54, 1.807) is 0 Å². The van der Waals surface area contributed by atoms with Crippen molar-refractivity contribution in [2.24, 2.45) is 11.8 Å². The van der Waals surface area contributed by atoms with Gasteiger partial charge < -0.3 is 0 Å². The van der Waals surface area contributed by atoms with Gasteiger partial charge in [-0.25, -0.2) is 0 Å². The molecule has 1 aliphatic carbocycles. The predicted octanol–water partition coefficient (Wildman–Crippen LogP) is 2.89. The lowest BCUT2D eigenvalue weighted by atomic mass is 9.80. The van der Waals surface area contributed by atoms with E-state index in [1.165, 1.54) is 19.3 Å². The summed E-state index contributed by atoms with van der Waals surface area (Å²) in [6.45, 7) is 2.19. The highest BCUT2D eigenvalue weighted by molar-refractivity contribution is 7.86. The molecule has 2 nitrogen and oxygen atoms in total. The molecule has 0 aliphatic heterocycles. The number of hydrogen-bond donors (Lipinski definition) is 0. The molecule has 1 aliphatic rings. The van der Waals surface area contributed by atoms with E-state index < -0.39 is 10.2 Å². The molecule has 1 fully saturated rings. The molecule has 0 amide bonds. The van der Waals surface area contributed by atoms with Gasteiger partial charge in [-0.2, -0.15) is 8.42 Å². The van der Waals surface area contributed by atoms with Gasteiger partial charge in [0.05, 0.1) is 5.75 Å². The van der Waals surface area contributed by atoms with Crippen LogP contribution in [0.4, 0.5) is 3.89 Å². The molecule has 0 saturated heterocycles. The largest absolute Gasteiger partial charge is 0.302 e. The van der Waals surface area contributed by atoms with Gasteiger partial charge in [0.2, 0.25) is 0 Å². The summed E-state index contributed by atoms with van der Waals surface area (Å²) in [5.74, 6) is 0.964. The summed E-state index contributed by atoms with van der Waals surface area (Å²) < 4.78 is 32.9. The fraction of sp³-hybridized carbons (Fsp3) is 1.00. The first-order valence-electron chi connectivity index (χ1n) is 5.43. The zero-order valence-electron chi connectivity index (χ0n) is 8.71. The van der Waals surface area contributed by atoms with Crippen LogP contribution in [0.15, 0.2) is 0 Å². The first-order chi connectivity index (χ1) is 6.51. The summed E-state index contributed by atoms with van der Waals surface area (Å²) in [4.78, 5) is 0. The lowest BCUT2D eigenvalue weighted by Gasteiger charge is -2.27. The Morgan fingerprint density at radius 3 is 2.07 bits per heavy atom. The molecule has 0 radical (unpaired) electrons. The zero-order chi connectivity index (χ0) is 10.6. The number of rotatable bonds is 4. The van der Waals surface area contributed by atoms with E-state index in [0.29, 0.717) is 12.3 Å². The minimum Gasteiger partial charge on any atom is -0.195 e. The van der Waals surface area contributed by atoms with Crippen LogP contribution in [0, 0.1) is 11.8 Å². The van der Waals surface area contributed by atoms with Crippen LogP contribution in [0.2, 0.25) is 0 Å². The van der Waals surface area contributed by atoms with Crippen molar-refractivity contribution < 1.29 is 12.3 Å². The van der Waals surface area contributed by atoms with Crippen molar-refractivity contribution in [2.75, 3.05) is 5.75 Å². The number of halogens is 1. The summed E-state index contributed by atoms with van der Waals surface area (Å²) in [6.07, 6.45) is 6.26. The number of hydrogen-bond acceptors (Lipinski definition) is 2. The Morgan fingerprint density at radius 1 is 1.14 bits per heavy atom. The highest BCUT2D eigenvalue weighted by Crippen LogP contribution is 2.32. The third kappa shape index (κ3) is 4.40. The minimum atomic E-state index is -4.24. The SMILES string of the molecule is CCC1CCC(CCS(=O)(=O)F)CC1. The topological polar surface area (TPSA) is 34.1 Å². The Morgan fingerprint density at radius 2 is 1.64 bits per heavy atom. The maximum atomic E-state index is 12.3. The van der Waals surface area contributed by atoms with Crippen molar-refractivity contribution in [2.45, 2.75) is 45.4 Å². The van der Waals surface area contributed by atoms with E-state index in [2.05, 4.69) is 6.92 Å². The summed E-state index contributed by atoms with van der Waals surface area (Å²) >= 11 is 0. The van der Waals surface area contributed by atoms with Crippen LogP contribution in [-0.2, 0) is 10.2 Å². The molecule has 0 spiro atoms. The van der Waals surface area contributed by atoms with Crippen LogP contribution in [0.1, 0.15) is 45.4 Å². The first kappa shape index (κ1) is 12.0. The van der Waals surface area contributed by atoms with Gasteiger partial charge in [0.1, 0.15) is 0 Å². The van der Waals surface area contributed by atoms with Gasteiger partial charge in [0.25, 0.3) is 0 Å². The molecule has 0 aromatic rings. The molecule has 0 unspecified atom stereocenters. The smallest absolute Gasteiger partial charge is 0.195 e. The maximum absolute atomic E-state index is 12.3. The molecule has 84 valence electrons. The first-order valence-corrected chi connectivity index (χ1v) is 6.99. The summed E-state index contributed by atoms with van der Waals surface area (Å²) in [5.41, 5.74) is 0. The van der Waals surface area contributed by atoms with E-state index in [4.69, 9.17) is 0 Å². The van der Waals surface area contributed by atoms with E-state index in [9.17, 15) is 12.3 Å². The van der Waals surface area contributed by atoms with Crippen LogP contribution in [0.25, 0.3) is 0 Å². The van der Waals surface area contributed by atoms with E-state index in [1.807, 2.05) is 0 Å². The van der Waals surface area contributed by atoms with Crippen molar-refractivity contribution in [3.05, 3.63) is 0 Å². The van der Waals surface area contributed by atoms with E-state index in [0.717, 1.165) is 18.8 Å². The maximum Gasteiger partial charge on any atom is 0.302 e. The lowest BCUT2D eigenvalue weighted by molar-refractivity contribution is 0.264. The summed E-state index contributed by atoms with van der Waals surface area (Å²) in [6, 6.07) is 0. The van der Waals surface area contributed by atoms with Crippen molar-refractivity contribution in [3.8, 4) is 0 Å². The van der Waals surface area contributed by atoms with Gasteiger partial charge in [-0.15, -0.1) is 3.89 Å². The van der Waals surface area contributed by atoms with Crippen LogP contribution in [-0.4, -0.2) is 14.2 Å². The second-order valence-corrected chi connectivity index (χ2v) is 5.81. The van der Waals surface area contributed by atoms with Gasteiger partial charge >= 0.3 is 10.2 Å². The third-order valence-electron chi connectivity index (χ3n) is 3.31. The molecule has 4 heteroatoms. The Kier molecular flexibility index (Phi) is 4.35. The van der Waals surface area contributed by atoms with Crippen LogP contribution in [0.5, 0.6) is 0 Å². The predicted molar refractivity (Wildman–Crippen MR) is 55.3 cm³/mol. The highest BCUT2D eigenvalue weighted by atomic mass is 32.3. The Labute approximate surface area is 86.1 Å². The second-order valence-electron chi connectivity index (χ2n) is 4.33. The molecule has 0 aromatic heterocycles. The van der Waals surface area contributed by atoms with Gasteiger partial charge in [-0.05, 0) is 18.3 Å². The summed E-state index contributed by atoms with van der Waals surface area (Å²) in [7, 11) is -4.24. The fourth-order valence-electron chi connectivity index (χ4n) is 2.24. The molecule has 1 rings (SSSR count). The molecule has 0 N–H and O–H groups in total. The Balaban J connectivity index is 2.23. The average molecular weight is 222 g/mol. The minimum absolute atomic E-state index is 0.283. The molecule has 0 atom stereocenters. The molecular formula is C10H19FO2S. The molecule has 0 heterocycles. The molecular weight excluding hydrogens is 203 g/mol. The molecule has 0 bridgehead atoms. The van der Waals surface area contributed by atoms with Gasteiger partial charge in [-0.3, -0.25) is 0 Å². The summed E-state index contributed by atoms with van der Waals surface area (Å²) in [5, 5.41) is 0. The van der Waals surface area contributed by atoms with E-state index >= 15 is 0 Å². The standard InChI is InChI=1S/C10H19FO2S/c1-2-9-3-5-10(6-4-9)7-8-14(11,12)13/h9-10H,2-8H2,1H3. The van der Waals surface area contributed by atoms with Crippen molar-refractivity contribution >= 4 is 10.2 Å². The monoisotopic (exact) mass is 222 g/mol. The Bertz CT molecular complexity index is 253.